The first-order chi connectivity index (χ1) is 9.00. The first-order valence-electron chi connectivity index (χ1n) is 6.97. The minimum Gasteiger partial charge on any atom is -0.379 e. The highest BCUT2D eigenvalue weighted by Crippen LogP contribution is 2.20. The molecule has 3 heteroatoms. The lowest BCUT2D eigenvalue weighted by Crippen LogP contribution is -2.31. The predicted octanol–water partition coefficient (Wildman–Crippen LogP) is 3.30. The van der Waals surface area contributed by atoms with Crippen LogP contribution in [-0.4, -0.2) is 25.4 Å². The average molecular weight is 265 g/mol. The van der Waals surface area contributed by atoms with E-state index in [1.807, 2.05) is 18.2 Å². The summed E-state index contributed by atoms with van der Waals surface area (Å²) in [4.78, 5) is 0. The molecule has 0 amide bonds. The zero-order valence-electron chi connectivity index (χ0n) is 12.6. The lowest BCUT2D eigenvalue weighted by atomic mass is 10.0. The number of ether oxygens (including phenoxy) is 2. The van der Waals surface area contributed by atoms with Crippen molar-refractivity contribution in [2.45, 2.75) is 51.4 Å². The summed E-state index contributed by atoms with van der Waals surface area (Å²) in [6, 6.07) is 10.0. The zero-order valence-corrected chi connectivity index (χ0v) is 12.6. The highest BCUT2D eigenvalue weighted by atomic mass is 16.5. The molecule has 1 aromatic carbocycles. The van der Waals surface area contributed by atoms with E-state index in [0.717, 1.165) is 18.4 Å². The number of hydrogen-bond donors (Lipinski definition) is 1. The number of benzene rings is 1. The molecule has 0 saturated carbocycles. The normalized spacial score (nSPS) is 15.2. The van der Waals surface area contributed by atoms with E-state index in [4.69, 9.17) is 15.2 Å². The van der Waals surface area contributed by atoms with Crippen LogP contribution in [0.25, 0.3) is 0 Å². The van der Waals surface area contributed by atoms with E-state index in [-0.39, 0.29) is 17.7 Å². The van der Waals surface area contributed by atoms with Gasteiger partial charge in [0.05, 0.1) is 17.7 Å². The molecule has 0 aromatic heterocycles. The van der Waals surface area contributed by atoms with Crippen LogP contribution in [0.4, 0.5) is 0 Å². The molecule has 0 fully saturated rings. The maximum absolute atomic E-state index is 6.28. The molecule has 108 valence electrons. The van der Waals surface area contributed by atoms with Gasteiger partial charge in [0.1, 0.15) is 0 Å². The highest BCUT2D eigenvalue weighted by molar-refractivity contribution is 5.19. The summed E-state index contributed by atoms with van der Waals surface area (Å²) in [6.45, 7) is 6.90. The van der Waals surface area contributed by atoms with E-state index in [9.17, 15) is 0 Å². The van der Waals surface area contributed by atoms with Gasteiger partial charge in [0, 0.05) is 13.7 Å². The molecule has 0 saturated heterocycles. The maximum atomic E-state index is 6.28. The molecule has 19 heavy (non-hydrogen) atoms. The quantitative estimate of drug-likeness (QED) is 0.784. The summed E-state index contributed by atoms with van der Waals surface area (Å²) >= 11 is 0. The molecule has 2 unspecified atom stereocenters. The lowest BCUT2D eigenvalue weighted by molar-refractivity contribution is -0.0330. The standard InChI is InChI=1S/C16H27NO2/c1-5-14(19-12-11-16(2,3)18-4)15(17)13-9-7-6-8-10-13/h6-10,14-15H,5,11-12,17H2,1-4H3. The van der Waals surface area contributed by atoms with E-state index in [1.165, 1.54) is 0 Å². The molecule has 0 bridgehead atoms. The van der Waals surface area contributed by atoms with Crippen LogP contribution in [0.2, 0.25) is 0 Å². The van der Waals surface area contributed by atoms with Gasteiger partial charge in [-0.2, -0.15) is 0 Å². The fraction of sp³-hybridized carbons (Fsp3) is 0.625. The number of hydrogen-bond acceptors (Lipinski definition) is 3. The summed E-state index contributed by atoms with van der Waals surface area (Å²) in [6.07, 6.45) is 1.82. The van der Waals surface area contributed by atoms with Crippen LogP contribution in [0.1, 0.15) is 45.2 Å². The van der Waals surface area contributed by atoms with Gasteiger partial charge < -0.3 is 15.2 Å². The molecular formula is C16H27NO2. The van der Waals surface area contributed by atoms with Crippen molar-refractivity contribution in [3.05, 3.63) is 35.9 Å². The van der Waals surface area contributed by atoms with Crippen LogP contribution in [-0.2, 0) is 9.47 Å². The Labute approximate surface area is 117 Å². The fourth-order valence-electron chi connectivity index (χ4n) is 1.92. The molecule has 1 aromatic rings. The van der Waals surface area contributed by atoms with E-state index in [1.54, 1.807) is 7.11 Å². The average Bonchev–Trinajstić information content (AvgIpc) is 2.44. The second-order valence-electron chi connectivity index (χ2n) is 5.47. The van der Waals surface area contributed by atoms with Crippen molar-refractivity contribution in [3.63, 3.8) is 0 Å². The summed E-state index contributed by atoms with van der Waals surface area (Å²) in [5.74, 6) is 0. The Balaban J connectivity index is 2.50. The van der Waals surface area contributed by atoms with Crippen molar-refractivity contribution >= 4 is 0 Å². The van der Waals surface area contributed by atoms with Gasteiger partial charge >= 0.3 is 0 Å². The molecule has 3 nitrogen and oxygen atoms in total. The Morgan fingerprint density at radius 3 is 2.37 bits per heavy atom. The van der Waals surface area contributed by atoms with Crippen molar-refractivity contribution < 1.29 is 9.47 Å². The van der Waals surface area contributed by atoms with E-state index in [0.29, 0.717) is 6.61 Å². The van der Waals surface area contributed by atoms with Gasteiger partial charge in [-0.05, 0) is 32.3 Å². The Hall–Kier alpha value is -0.900. The Kier molecular flexibility index (Phi) is 6.49. The number of methoxy groups -OCH3 is 1. The Morgan fingerprint density at radius 1 is 1.21 bits per heavy atom. The lowest BCUT2D eigenvalue weighted by Gasteiger charge is -2.27. The van der Waals surface area contributed by atoms with E-state index in [2.05, 4.69) is 32.9 Å². The van der Waals surface area contributed by atoms with Crippen molar-refractivity contribution in [1.29, 1.82) is 0 Å². The fourth-order valence-corrected chi connectivity index (χ4v) is 1.92. The van der Waals surface area contributed by atoms with Crippen LogP contribution in [0.15, 0.2) is 30.3 Å². The van der Waals surface area contributed by atoms with Gasteiger partial charge in [-0.3, -0.25) is 0 Å². The first-order valence-corrected chi connectivity index (χ1v) is 6.97. The maximum Gasteiger partial charge on any atom is 0.0765 e. The summed E-state index contributed by atoms with van der Waals surface area (Å²) in [5.41, 5.74) is 7.26. The third-order valence-corrected chi connectivity index (χ3v) is 3.58. The van der Waals surface area contributed by atoms with Crippen LogP contribution >= 0.6 is 0 Å². The van der Waals surface area contributed by atoms with Crippen molar-refractivity contribution in [1.82, 2.24) is 0 Å². The molecule has 0 heterocycles. The monoisotopic (exact) mass is 265 g/mol. The minimum absolute atomic E-state index is 0.0510. The summed E-state index contributed by atoms with van der Waals surface area (Å²) < 4.78 is 11.3. The second kappa shape index (κ2) is 7.63. The minimum atomic E-state index is -0.144. The third kappa shape index (κ3) is 5.31. The largest absolute Gasteiger partial charge is 0.379 e. The second-order valence-corrected chi connectivity index (χ2v) is 5.47. The molecule has 2 N–H and O–H groups in total. The van der Waals surface area contributed by atoms with E-state index >= 15 is 0 Å². The molecule has 0 aliphatic rings. The molecule has 0 radical (unpaired) electrons. The topological polar surface area (TPSA) is 44.5 Å². The van der Waals surface area contributed by atoms with Gasteiger partial charge in [0.15, 0.2) is 0 Å². The first kappa shape index (κ1) is 16.2. The zero-order chi connectivity index (χ0) is 14.3. The van der Waals surface area contributed by atoms with Crippen molar-refractivity contribution in [2.75, 3.05) is 13.7 Å². The third-order valence-electron chi connectivity index (χ3n) is 3.58. The molecule has 0 aliphatic heterocycles. The van der Waals surface area contributed by atoms with Gasteiger partial charge in [0.25, 0.3) is 0 Å². The molecule has 0 aliphatic carbocycles. The predicted molar refractivity (Wildman–Crippen MR) is 79.1 cm³/mol. The van der Waals surface area contributed by atoms with Crippen LogP contribution in [0.5, 0.6) is 0 Å². The molecular weight excluding hydrogens is 238 g/mol. The smallest absolute Gasteiger partial charge is 0.0765 e. The van der Waals surface area contributed by atoms with Crippen LogP contribution < -0.4 is 5.73 Å². The summed E-state index contributed by atoms with van der Waals surface area (Å²) in [5, 5.41) is 0. The van der Waals surface area contributed by atoms with E-state index < -0.39 is 0 Å². The Morgan fingerprint density at radius 2 is 1.84 bits per heavy atom. The Bertz CT molecular complexity index is 351. The summed E-state index contributed by atoms with van der Waals surface area (Å²) in [7, 11) is 1.73. The van der Waals surface area contributed by atoms with Crippen molar-refractivity contribution in [2.24, 2.45) is 5.73 Å². The van der Waals surface area contributed by atoms with Gasteiger partial charge in [-0.1, -0.05) is 37.3 Å². The van der Waals surface area contributed by atoms with Gasteiger partial charge in [0.2, 0.25) is 0 Å². The van der Waals surface area contributed by atoms with Crippen LogP contribution in [0, 0.1) is 0 Å². The molecule has 1 rings (SSSR count). The molecule has 0 spiro atoms. The van der Waals surface area contributed by atoms with Crippen LogP contribution in [0.3, 0.4) is 0 Å². The van der Waals surface area contributed by atoms with Gasteiger partial charge in [-0.15, -0.1) is 0 Å². The molecule has 2 atom stereocenters. The number of nitrogens with two attached hydrogens (primary N) is 1. The van der Waals surface area contributed by atoms with Crippen molar-refractivity contribution in [3.8, 4) is 0 Å². The SMILES string of the molecule is CCC(OCCC(C)(C)OC)C(N)c1ccccc1. The number of rotatable bonds is 8. The highest BCUT2D eigenvalue weighted by Gasteiger charge is 2.21. The van der Waals surface area contributed by atoms with Gasteiger partial charge in [-0.25, -0.2) is 0 Å².